The highest BCUT2D eigenvalue weighted by molar-refractivity contribution is 7.95. The van der Waals surface area contributed by atoms with Gasteiger partial charge in [-0.25, -0.2) is 4.31 Å². The van der Waals surface area contributed by atoms with Crippen molar-refractivity contribution < 1.29 is 22.6 Å². The van der Waals surface area contributed by atoms with Crippen LogP contribution in [-0.4, -0.2) is 67.5 Å². The van der Waals surface area contributed by atoms with Crippen molar-refractivity contribution >= 4 is 33.1 Å². The number of benzene rings is 1. The molecule has 0 N–H and O–H groups in total. The Kier molecular flexibility index (Phi) is 7.31. The molecule has 0 atom stereocenters. The van der Waals surface area contributed by atoms with Crippen LogP contribution in [0.15, 0.2) is 45.6 Å². The molecule has 0 spiro atoms. The summed E-state index contributed by atoms with van der Waals surface area (Å²) in [5, 5.41) is 1.81. The van der Waals surface area contributed by atoms with E-state index in [4.69, 9.17) is 14.2 Å². The Morgan fingerprint density at radius 3 is 2.24 bits per heavy atom. The van der Waals surface area contributed by atoms with Crippen LogP contribution in [0.2, 0.25) is 0 Å². The van der Waals surface area contributed by atoms with Crippen LogP contribution in [-0.2, 0) is 19.5 Å². The molecule has 3 rings (SSSR count). The van der Waals surface area contributed by atoms with E-state index < -0.39 is 10.0 Å². The van der Waals surface area contributed by atoms with E-state index in [-0.39, 0.29) is 0 Å². The molecule has 0 saturated heterocycles. The molecule has 0 unspecified atom stereocenters. The highest BCUT2D eigenvalue weighted by atomic mass is 32.2. The maximum atomic E-state index is 13.4. The highest BCUT2D eigenvalue weighted by Gasteiger charge is 2.35. The van der Waals surface area contributed by atoms with Gasteiger partial charge in [-0.1, -0.05) is 0 Å². The Hall–Kier alpha value is -1.91. The molecule has 0 aliphatic carbocycles. The van der Waals surface area contributed by atoms with E-state index in [1.54, 1.807) is 45.6 Å². The molecule has 1 aromatic carbocycles. The van der Waals surface area contributed by atoms with Gasteiger partial charge in [0.05, 0.1) is 26.0 Å². The average molecular weight is 439 g/mol. The van der Waals surface area contributed by atoms with Crippen molar-refractivity contribution in [1.29, 1.82) is 0 Å². The fourth-order valence-corrected chi connectivity index (χ4v) is 6.06. The maximum absolute atomic E-state index is 13.4. The van der Waals surface area contributed by atoms with E-state index >= 15 is 0 Å². The molecule has 1 aromatic heterocycles. The van der Waals surface area contributed by atoms with Crippen molar-refractivity contribution in [2.24, 2.45) is 0 Å². The molecule has 1 aliphatic rings. The fourth-order valence-electron chi connectivity index (χ4n) is 3.17. The van der Waals surface area contributed by atoms with Gasteiger partial charge in [0.2, 0.25) is 0 Å². The summed E-state index contributed by atoms with van der Waals surface area (Å²) in [5.41, 5.74) is 2.00. The Balaban J connectivity index is 1.99. The number of methoxy groups -OCH3 is 3. The number of rotatable bonds is 10. The number of nitrogens with zero attached hydrogens (tertiary/aromatic N) is 2. The number of ether oxygens (including phenoxy) is 3. The predicted molar refractivity (Wildman–Crippen MR) is 115 cm³/mol. The molecule has 1 aliphatic heterocycles. The van der Waals surface area contributed by atoms with Crippen LogP contribution in [0, 0.1) is 0 Å². The summed E-state index contributed by atoms with van der Waals surface area (Å²) in [7, 11) is 1.19. The Labute approximate surface area is 176 Å². The van der Waals surface area contributed by atoms with Gasteiger partial charge >= 0.3 is 0 Å². The predicted octanol–water partition coefficient (Wildman–Crippen LogP) is 2.90. The molecule has 0 amide bonds. The van der Waals surface area contributed by atoms with Gasteiger partial charge in [-0.15, -0.1) is 11.3 Å². The number of thiophene rings is 1. The van der Waals surface area contributed by atoms with Crippen LogP contribution in [0.3, 0.4) is 0 Å². The zero-order valence-electron chi connectivity index (χ0n) is 16.8. The molecule has 0 radical (unpaired) electrons. The minimum Gasteiger partial charge on any atom is -0.497 e. The third kappa shape index (κ3) is 4.81. The monoisotopic (exact) mass is 438 g/mol. The van der Waals surface area contributed by atoms with Crippen molar-refractivity contribution in [3.05, 3.63) is 47.0 Å². The summed E-state index contributed by atoms with van der Waals surface area (Å²) >= 11 is 1.23. The zero-order valence-corrected chi connectivity index (χ0v) is 18.5. The molecule has 158 valence electrons. The van der Waals surface area contributed by atoms with Gasteiger partial charge in [0.1, 0.15) is 9.96 Å². The van der Waals surface area contributed by atoms with Gasteiger partial charge in [0.25, 0.3) is 10.0 Å². The molecule has 0 bridgehead atoms. The summed E-state index contributed by atoms with van der Waals surface area (Å²) in [6, 6.07) is 8.90. The Morgan fingerprint density at radius 1 is 1.00 bits per heavy atom. The van der Waals surface area contributed by atoms with Crippen molar-refractivity contribution in [2.75, 3.05) is 58.5 Å². The second kappa shape index (κ2) is 9.73. The van der Waals surface area contributed by atoms with Gasteiger partial charge in [-0.05, 0) is 41.8 Å². The van der Waals surface area contributed by atoms with Crippen LogP contribution < -0.4 is 9.04 Å². The molecular formula is C20H26N2O5S2. The number of hydrogen-bond donors (Lipinski definition) is 0. The van der Waals surface area contributed by atoms with Gasteiger partial charge in [-0.2, -0.15) is 8.42 Å². The second-order valence-corrected chi connectivity index (χ2v) is 9.43. The Morgan fingerprint density at radius 2 is 1.66 bits per heavy atom. The van der Waals surface area contributed by atoms with Crippen LogP contribution >= 0.6 is 11.3 Å². The zero-order chi connectivity index (χ0) is 20.9. The summed E-state index contributed by atoms with van der Waals surface area (Å²) in [5.74, 6) is 0.673. The topological polar surface area (TPSA) is 68.3 Å². The van der Waals surface area contributed by atoms with E-state index in [1.807, 2.05) is 17.5 Å². The first-order valence-electron chi connectivity index (χ1n) is 9.19. The number of sulfonamides is 1. The summed E-state index contributed by atoms with van der Waals surface area (Å²) in [6.45, 7) is 2.90. The maximum Gasteiger partial charge on any atom is 0.278 e. The van der Waals surface area contributed by atoms with Crippen molar-refractivity contribution in [2.45, 2.75) is 4.21 Å². The molecule has 0 fully saturated rings. The van der Waals surface area contributed by atoms with Gasteiger partial charge in [0, 0.05) is 45.1 Å². The first-order valence-corrected chi connectivity index (χ1v) is 11.5. The van der Waals surface area contributed by atoms with Gasteiger partial charge in [-0.3, -0.25) is 4.90 Å². The molecule has 2 aromatic rings. The number of hydrogen-bond acceptors (Lipinski definition) is 7. The molecule has 9 heteroatoms. The first-order chi connectivity index (χ1) is 14.0. The standard InChI is InChI=1S/C20H26N2O5S2/c1-25-11-9-21(10-12-26-2)15-18-14-16-8-13-28-20(16)29(23,24)22(18)17-4-6-19(27-3)7-5-17/h4-8,13-14H,9-12,15H2,1-3H3. The average Bonchev–Trinajstić information content (AvgIpc) is 3.20. The number of anilines is 1. The van der Waals surface area contributed by atoms with Crippen molar-refractivity contribution in [3.8, 4) is 5.75 Å². The lowest BCUT2D eigenvalue weighted by molar-refractivity contribution is 0.119. The SMILES string of the molecule is COCCN(CCOC)CC1=Cc2ccsc2S(=O)(=O)N1c1ccc(OC)cc1. The molecule has 7 nitrogen and oxygen atoms in total. The van der Waals surface area contributed by atoms with Crippen molar-refractivity contribution in [3.63, 3.8) is 0 Å². The second-order valence-electron chi connectivity index (χ2n) is 6.53. The lowest BCUT2D eigenvalue weighted by Crippen LogP contribution is -2.40. The van der Waals surface area contributed by atoms with Crippen LogP contribution in [0.1, 0.15) is 5.56 Å². The summed E-state index contributed by atoms with van der Waals surface area (Å²) in [4.78, 5) is 2.13. The van der Waals surface area contributed by atoms with E-state index in [9.17, 15) is 8.42 Å². The Bertz CT molecular complexity index is 930. The first kappa shape index (κ1) is 21.8. The third-order valence-electron chi connectivity index (χ3n) is 4.63. The lowest BCUT2D eigenvalue weighted by Gasteiger charge is -2.33. The minimum atomic E-state index is -3.69. The largest absolute Gasteiger partial charge is 0.497 e. The quantitative estimate of drug-likeness (QED) is 0.568. The highest BCUT2D eigenvalue weighted by Crippen LogP contribution is 2.38. The van der Waals surface area contributed by atoms with Gasteiger partial charge < -0.3 is 14.2 Å². The van der Waals surface area contributed by atoms with E-state index in [2.05, 4.69) is 4.90 Å². The smallest absolute Gasteiger partial charge is 0.278 e. The number of fused-ring (bicyclic) bond motifs is 1. The van der Waals surface area contributed by atoms with E-state index in [1.165, 1.54) is 15.6 Å². The molecule has 2 heterocycles. The fraction of sp³-hybridized carbons (Fsp3) is 0.400. The van der Waals surface area contributed by atoms with E-state index in [0.717, 1.165) is 5.56 Å². The molecule has 0 saturated carbocycles. The lowest BCUT2D eigenvalue weighted by atomic mass is 10.2. The normalized spacial score (nSPS) is 15.3. The van der Waals surface area contributed by atoms with Crippen LogP contribution in [0.5, 0.6) is 5.75 Å². The minimum absolute atomic E-state index is 0.359. The van der Waals surface area contributed by atoms with Crippen LogP contribution in [0.4, 0.5) is 5.69 Å². The van der Waals surface area contributed by atoms with E-state index in [0.29, 0.717) is 54.2 Å². The summed E-state index contributed by atoms with van der Waals surface area (Å²) in [6.07, 6.45) is 1.95. The molecule has 29 heavy (non-hydrogen) atoms. The van der Waals surface area contributed by atoms with Crippen molar-refractivity contribution in [1.82, 2.24) is 4.90 Å². The van der Waals surface area contributed by atoms with Gasteiger partial charge in [0.15, 0.2) is 0 Å². The van der Waals surface area contributed by atoms with Crippen LogP contribution in [0.25, 0.3) is 6.08 Å². The third-order valence-corrected chi connectivity index (χ3v) is 7.90. The molecular weight excluding hydrogens is 412 g/mol. The summed E-state index contributed by atoms with van der Waals surface area (Å²) < 4.78 is 44.3.